The molecule has 0 aromatic rings. The number of nitrogens with zero attached hydrogens (tertiary/aromatic N) is 1. The monoisotopic (exact) mass is 224 g/mol. The number of hydrogen-bond acceptors (Lipinski definition) is 4. The first kappa shape index (κ1) is 12.5. The maximum atomic E-state index is 11.4. The molecule has 1 amide bonds. The third-order valence-electron chi connectivity index (χ3n) is 2.71. The quantitative estimate of drug-likeness (QED) is 0.722. The molecule has 1 rings (SSSR count). The molecule has 1 fully saturated rings. The van der Waals surface area contributed by atoms with Crippen LogP contribution >= 0.6 is 0 Å². The minimum Gasteiger partial charge on any atom is -0.456 e. The van der Waals surface area contributed by atoms with Crippen LogP contribution in [0.4, 0.5) is 0 Å². The van der Waals surface area contributed by atoms with E-state index in [1.54, 1.807) is 0 Å². The van der Waals surface area contributed by atoms with E-state index < -0.39 is 17.4 Å². The van der Waals surface area contributed by atoms with Gasteiger partial charge < -0.3 is 10.1 Å². The van der Waals surface area contributed by atoms with Gasteiger partial charge in [0.25, 0.3) is 5.91 Å². The van der Waals surface area contributed by atoms with Crippen molar-refractivity contribution >= 4 is 11.9 Å². The van der Waals surface area contributed by atoms with Crippen molar-refractivity contribution in [3.05, 3.63) is 0 Å². The molecule has 0 aromatic carbocycles. The largest absolute Gasteiger partial charge is 0.456 e. The summed E-state index contributed by atoms with van der Waals surface area (Å²) in [7, 11) is 0. The first-order valence-electron chi connectivity index (χ1n) is 5.44. The van der Waals surface area contributed by atoms with Gasteiger partial charge in [-0.1, -0.05) is 19.3 Å². The molecule has 5 nitrogen and oxygen atoms in total. The van der Waals surface area contributed by atoms with Gasteiger partial charge in [0.1, 0.15) is 5.54 Å². The van der Waals surface area contributed by atoms with Crippen molar-refractivity contribution in [2.24, 2.45) is 0 Å². The highest BCUT2D eigenvalue weighted by Crippen LogP contribution is 2.27. The first-order valence-corrected chi connectivity index (χ1v) is 5.44. The molecule has 0 atom stereocenters. The van der Waals surface area contributed by atoms with E-state index in [4.69, 9.17) is 5.26 Å². The highest BCUT2D eigenvalue weighted by atomic mass is 16.5. The molecule has 0 aromatic heterocycles. The van der Waals surface area contributed by atoms with Crippen LogP contribution in [0, 0.1) is 11.3 Å². The number of carbonyl (C=O) groups is 2. The van der Waals surface area contributed by atoms with Gasteiger partial charge in [0.15, 0.2) is 6.61 Å². The van der Waals surface area contributed by atoms with Crippen molar-refractivity contribution in [1.29, 1.82) is 5.26 Å². The van der Waals surface area contributed by atoms with Crippen LogP contribution in [-0.4, -0.2) is 24.0 Å². The maximum absolute atomic E-state index is 11.4. The Labute approximate surface area is 94.8 Å². The smallest absolute Gasteiger partial charge is 0.303 e. The Bertz CT molecular complexity index is 314. The predicted octanol–water partition coefficient (Wildman–Crippen LogP) is 0.892. The molecule has 0 bridgehead atoms. The molecule has 5 heteroatoms. The van der Waals surface area contributed by atoms with Crippen LogP contribution in [0.1, 0.15) is 39.0 Å². The minimum atomic E-state index is -0.754. The van der Waals surface area contributed by atoms with Gasteiger partial charge >= 0.3 is 5.97 Å². The Morgan fingerprint density at radius 1 is 1.38 bits per heavy atom. The molecule has 0 radical (unpaired) electrons. The number of nitriles is 1. The van der Waals surface area contributed by atoms with Crippen molar-refractivity contribution in [3.8, 4) is 6.07 Å². The van der Waals surface area contributed by atoms with Gasteiger partial charge in [-0.05, 0) is 12.8 Å². The molecular formula is C11H16N2O3. The van der Waals surface area contributed by atoms with E-state index >= 15 is 0 Å². The highest BCUT2D eigenvalue weighted by Gasteiger charge is 2.33. The summed E-state index contributed by atoms with van der Waals surface area (Å²) in [6.45, 7) is 0.937. The SMILES string of the molecule is CC(=O)OCC(=O)NC1(C#N)CCCCC1. The lowest BCUT2D eigenvalue weighted by Crippen LogP contribution is -2.49. The molecule has 0 heterocycles. The van der Waals surface area contributed by atoms with Gasteiger partial charge in [0.05, 0.1) is 6.07 Å². The van der Waals surface area contributed by atoms with Crippen LogP contribution in [0.2, 0.25) is 0 Å². The number of hydrogen-bond donors (Lipinski definition) is 1. The standard InChI is InChI=1S/C11H16N2O3/c1-9(14)16-7-10(15)13-11(8-12)5-3-2-4-6-11/h2-7H2,1H3,(H,13,15). The molecule has 1 aliphatic carbocycles. The summed E-state index contributed by atoms with van der Waals surface area (Å²) in [5.74, 6) is -0.900. The van der Waals surface area contributed by atoms with E-state index in [2.05, 4.69) is 16.1 Å². The Hall–Kier alpha value is -1.57. The van der Waals surface area contributed by atoms with E-state index in [1.165, 1.54) is 6.92 Å². The number of carbonyl (C=O) groups excluding carboxylic acids is 2. The number of amides is 1. The number of nitrogens with one attached hydrogen (secondary N) is 1. The summed E-state index contributed by atoms with van der Waals surface area (Å²) >= 11 is 0. The highest BCUT2D eigenvalue weighted by molar-refractivity contribution is 5.81. The van der Waals surface area contributed by atoms with Gasteiger partial charge in [-0.2, -0.15) is 5.26 Å². The van der Waals surface area contributed by atoms with E-state index in [1.807, 2.05) is 0 Å². The molecule has 0 aliphatic heterocycles. The third-order valence-corrected chi connectivity index (χ3v) is 2.71. The maximum Gasteiger partial charge on any atom is 0.303 e. The van der Waals surface area contributed by atoms with Crippen LogP contribution < -0.4 is 5.32 Å². The second-order valence-electron chi connectivity index (χ2n) is 4.08. The predicted molar refractivity (Wildman–Crippen MR) is 56.2 cm³/mol. The minimum absolute atomic E-state index is 0.307. The van der Waals surface area contributed by atoms with Gasteiger partial charge in [-0.15, -0.1) is 0 Å². The zero-order valence-electron chi connectivity index (χ0n) is 9.41. The van der Waals surface area contributed by atoms with Gasteiger partial charge in [0.2, 0.25) is 0 Å². The second kappa shape index (κ2) is 5.50. The van der Waals surface area contributed by atoms with Crippen molar-refractivity contribution < 1.29 is 14.3 Å². The molecule has 0 unspecified atom stereocenters. The zero-order chi connectivity index (χ0) is 12.0. The molecular weight excluding hydrogens is 208 g/mol. The number of ether oxygens (including phenoxy) is 1. The zero-order valence-corrected chi connectivity index (χ0v) is 9.41. The van der Waals surface area contributed by atoms with Crippen LogP contribution in [0.15, 0.2) is 0 Å². The Kier molecular flexibility index (Phi) is 4.29. The lowest BCUT2D eigenvalue weighted by Gasteiger charge is -2.31. The summed E-state index contributed by atoms with van der Waals surface area (Å²) < 4.78 is 4.57. The summed E-state index contributed by atoms with van der Waals surface area (Å²) in [4.78, 5) is 22.0. The summed E-state index contributed by atoms with van der Waals surface area (Å²) in [6.07, 6.45) is 4.34. The van der Waals surface area contributed by atoms with Crippen LogP contribution in [0.25, 0.3) is 0 Å². The van der Waals surface area contributed by atoms with E-state index in [0.29, 0.717) is 12.8 Å². The van der Waals surface area contributed by atoms with Crippen molar-refractivity contribution in [1.82, 2.24) is 5.32 Å². The third kappa shape index (κ3) is 3.54. The van der Waals surface area contributed by atoms with Crippen LogP contribution in [-0.2, 0) is 14.3 Å². The van der Waals surface area contributed by atoms with E-state index in [0.717, 1.165) is 19.3 Å². The summed E-state index contributed by atoms with van der Waals surface area (Å²) in [6, 6.07) is 2.16. The van der Waals surface area contributed by atoms with E-state index in [-0.39, 0.29) is 6.61 Å². The van der Waals surface area contributed by atoms with Crippen molar-refractivity contribution in [2.45, 2.75) is 44.6 Å². The van der Waals surface area contributed by atoms with Crippen LogP contribution in [0.5, 0.6) is 0 Å². The lowest BCUT2D eigenvalue weighted by atomic mass is 9.83. The Balaban J connectivity index is 2.46. The normalized spacial score (nSPS) is 18.2. The first-order chi connectivity index (χ1) is 7.58. The Morgan fingerprint density at radius 2 is 2.00 bits per heavy atom. The topological polar surface area (TPSA) is 79.2 Å². The van der Waals surface area contributed by atoms with Crippen molar-refractivity contribution in [2.75, 3.05) is 6.61 Å². The fourth-order valence-electron chi connectivity index (χ4n) is 1.89. The van der Waals surface area contributed by atoms with Gasteiger partial charge in [-0.25, -0.2) is 0 Å². The van der Waals surface area contributed by atoms with Gasteiger partial charge in [0, 0.05) is 6.92 Å². The fourth-order valence-corrected chi connectivity index (χ4v) is 1.89. The molecule has 16 heavy (non-hydrogen) atoms. The number of rotatable bonds is 3. The Morgan fingerprint density at radius 3 is 2.50 bits per heavy atom. The number of esters is 1. The second-order valence-corrected chi connectivity index (χ2v) is 4.08. The van der Waals surface area contributed by atoms with Gasteiger partial charge in [-0.3, -0.25) is 9.59 Å². The molecule has 1 aliphatic rings. The molecule has 1 saturated carbocycles. The van der Waals surface area contributed by atoms with Crippen LogP contribution in [0.3, 0.4) is 0 Å². The summed E-state index contributed by atoms with van der Waals surface area (Å²) in [5, 5.41) is 11.8. The van der Waals surface area contributed by atoms with Crippen molar-refractivity contribution in [3.63, 3.8) is 0 Å². The summed E-state index contributed by atoms with van der Waals surface area (Å²) in [5.41, 5.74) is -0.754. The average molecular weight is 224 g/mol. The fraction of sp³-hybridized carbons (Fsp3) is 0.727. The van der Waals surface area contributed by atoms with E-state index in [9.17, 15) is 9.59 Å². The average Bonchev–Trinajstić information content (AvgIpc) is 2.28. The molecule has 0 spiro atoms. The molecule has 0 saturated heterocycles. The lowest BCUT2D eigenvalue weighted by molar-refractivity contribution is -0.146. The molecule has 1 N–H and O–H groups in total. The molecule has 88 valence electrons.